The molecular formula is C24H32N2O5. The first kappa shape index (κ1) is 23.2. The first-order valence-electron chi connectivity index (χ1n) is 11.1. The number of carbonyl (C=O) groups is 3. The molecule has 0 radical (unpaired) electrons. The van der Waals surface area contributed by atoms with Crippen LogP contribution in [-0.2, 0) is 14.3 Å². The van der Waals surface area contributed by atoms with Crippen LogP contribution in [0.4, 0.5) is 0 Å². The van der Waals surface area contributed by atoms with Crippen molar-refractivity contribution in [2.24, 2.45) is 11.8 Å². The van der Waals surface area contributed by atoms with Crippen LogP contribution < -0.4 is 10.6 Å². The minimum atomic E-state index is -0.379. The van der Waals surface area contributed by atoms with Gasteiger partial charge in [-0.3, -0.25) is 14.4 Å². The van der Waals surface area contributed by atoms with Gasteiger partial charge in [0.05, 0.1) is 18.8 Å². The molecule has 0 saturated carbocycles. The Morgan fingerprint density at radius 1 is 1.03 bits per heavy atom. The molecule has 4 atom stereocenters. The molecule has 168 valence electrons. The number of hydrogen-bond donors (Lipinski definition) is 3. The van der Waals surface area contributed by atoms with Gasteiger partial charge in [0.25, 0.3) is 5.91 Å². The lowest BCUT2D eigenvalue weighted by atomic mass is 9.77. The second kappa shape index (κ2) is 11.8. The van der Waals surface area contributed by atoms with Crippen LogP contribution in [0.3, 0.4) is 0 Å². The molecule has 2 fully saturated rings. The summed E-state index contributed by atoms with van der Waals surface area (Å²) in [4.78, 5) is 35.4. The molecule has 7 nitrogen and oxygen atoms in total. The second-order valence-corrected chi connectivity index (χ2v) is 8.27. The van der Waals surface area contributed by atoms with Crippen molar-refractivity contribution in [2.75, 3.05) is 19.7 Å². The molecule has 31 heavy (non-hydrogen) atoms. The molecule has 0 aliphatic carbocycles. The summed E-state index contributed by atoms with van der Waals surface area (Å²) in [6.07, 6.45) is 9.61. The van der Waals surface area contributed by atoms with E-state index in [4.69, 9.17) is 9.84 Å². The lowest BCUT2D eigenvalue weighted by Gasteiger charge is -2.27. The average Bonchev–Trinajstić information content (AvgIpc) is 3.40. The third-order valence-corrected chi connectivity index (χ3v) is 6.15. The summed E-state index contributed by atoms with van der Waals surface area (Å²) in [5, 5.41) is 14.4. The number of Topliss-reactive ketones (excluding diaryl/α,β-unsaturated/α-hetero) is 1. The van der Waals surface area contributed by atoms with Gasteiger partial charge in [0.2, 0.25) is 5.91 Å². The number of ether oxygens (including phenoxy) is 1. The third-order valence-electron chi connectivity index (χ3n) is 6.15. The van der Waals surface area contributed by atoms with E-state index in [-0.39, 0.29) is 48.9 Å². The van der Waals surface area contributed by atoms with Gasteiger partial charge in [0.1, 0.15) is 6.61 Å². The Morgan fingerprint density at radius 2 is 1.77 bits per heavy atom. The fourth-order valence-corrected chi connectivity index (χ4v) is 4.49. The van der Waals surface area contributed by atoms with E-state index in [0.717, 1.165) is 32.1 Å². The van der Waals surface area contributed by atoms with Crippen LogP contribution in [0, 0.1) is 11.8 Å². The number of unbranched alkanes of at least 4 members (excludes halogenated alkanes) is 1. The summed E-state index contributed by atoms with van der Waals surface area (Å²) in [5.41, 5.74) is 0.532. The number of carbonyl (C=O) groups excluding carboxylic acids is 3. The number of ketones is 1. The largest absolute Gasteiger partial charge is 0.389 e. The first-order chi connectivity index (χ1) is 15.1. The molecule has 1 aromatic carbocycles. The van der Waals surface area contributed by atoms with Crippen molar-refractivity contribution in [3.63, 3.8) is 0 Å². The van der Waals surface area contributed by atoms with Gasteiger partial charge in [-0.15, -0.1) is 0 Å². The number of aliphatic hydroxyl groups excluding tert-OH is 1. The van der Waals surface area contributed by atoms with Crippen LogP contribution in [0.2, 0.25) is 0 Å². The maximum atomic E-state index is 12.2. The summed E-state index contributed by atoms with van der Waals surface area (Å²) in [6.45, 7) is 0.118. The van der Waals surface area contributed by atoms with Gasteiger partial charge in [0, 0.05) is 24.4 Å². The van der Waals surface area contributed by atoms with Gasteiger partial charge >= 0.3 is 0 Å². The summed E-state index contributed by atoms with van der Waals surface area (Å²) >= 11 is 0. The highest BCUT2D eigenvalue weighted by Gasteiger charge is 2.47. The lowest BCUT2D eigenvalue weighted by molar-refractivity contribution is -0.122. The molecule has 2 amide bonds. The van der Waals surface area contributed by atoms with Crippen LogP contribution in [0.5, 0.6) is 0 Å². The zero-order chi connectivity index (χ0) is 22.1. The number of nitrogens with one attached hydrogen (secondary N) is 2. The van der Waals surface area contributed by atoms with Gasteiger partial charge in [-0.05, 0) is 50.2 Å². The molecule has 1 aromatic rings. The van der Waals surface area contributed by atoms with Gasteiger partial charge in [-0.25, -0.2) is 0 Å². The number of benzene rings is 1. The highest BCUT2D eigenvalue weighted by molar-refractivity contribution is 5.96. The van der Waals surface area contributed by atoms with Crippen LogP contribution in [-0.4, -0.2) is 54.6 Å². The highest BCUT2D eigenvalue weighted by atomic mass is 16.5. The molecule has 0 unspecified atom stereocenters. The molecular weight excluding hydrogens is 396 g/mol. The van der Waals surface area contributed by atoms with Gasteiger partial charge in [-0.1, -0.05) is 30.4 Å². The van der Waals surface area contributed by atoms with Gasteiger partial charge in [-0.2, -0.15) is 0 Å². The number of aliphatic hydroxyl groups is 1. The summed E-state index contributed by atoms with van der Waals surface area (Å²) in [7, 11) is 0. The Morgan fingerprint density at radius 3 is 2.52 bits per heavy atom. The maximum absolute atomic E-state index is 12.2. The molecule has 3 N–H and O–H groups in total. The Labute approximate surface area is 183 Å². The molecule has 7 heteroatoms. The molecule has 0 spiro atoms. The number of amides is 2. The van der Waals surface area contributed by atoms with Crippen LogP contribution >= 0.6 is 0 Å². The van der Waals surface area contributed by atoms with Crippen LogP contribution in [0.15, 0.2) is 42.5 Å². The van der Waals surface area contributed by atoms with Crippen molar-refractivity contribution >= 4 is 17.6 Å². The SMILES string of the molecule is O=C(CO)CCCC=CC[C@@H]1[C@H](CNC(=O)CNC(=O)c2ccccc2)[C@@H]2CC[C@@H]1O2. The van der Waals surface area contributed by atoms with Crippen molar-refractivity contribution < 1.29 is 24.2 Å². The zero-order valence-electron chi connectivity index (χ0n) is 17.8. The molecule has 2 bridgehead atoms. The molecule has 2 saturated heterocycles. The monoisotopic (exact) mass is 428 g/mol. The van der Waals surface area contributed by atoms with E-state index in [1.165, 1.54) is 0 Å². The predicted molar refractivity (Wildman–Crippen MR) is 116 cm³/mol. The van der Waals surface area contributed by atoms with Gasteiger partial charge in [0.15, 0.2) is 5.78 Å². The smallest absolute Gasteiger partial charge is 0.251 e. The number of allylic oxidation sites excluding steroid dienone is 2. The number of hydrogen-bond acceptors (Lipinski definition) is 5. The third kappa shape index (κ3) is 6.74. The Hall–Kier alpha value is -2.51. The number of rotatable bonds is 12. The minimum absolute atomic E-state index is 0.0491. The summed E-state index contributed by atoms with van der Waals surface area (Å²) in [6, 6.07) is 8.83. The quantitative estimate of drug-likeness (QED) is 0.349. The predicted octanol–water partition coefficient (Wildman–Crippen LogP) is 2.00. The topological polar surface area (TPSA) is 105 Å². The Kier molecular flexibility index (Phi) is 8.79. The van der Waals surface area contributed by atoms with E-state index in [1.807, 2.05) is 6.07 Å². The van der Waals surface area contributed by atoms with E-state index in [0.29, 0.717) is 24.4 Å². The summed E-state index contributed by atoms with van der Waals surface area (Å²) < 4.78 is 6.08. The fourth-order valence-electron chi connectivity index (χ4n) is 4.49. The highest BCUT2D eigenvalue weighted by Crippen LogP contribution is 2.44. The molecule has 3 rings (SSSR count). The van der Waals surface area contributed by atoms with Crippen molar-refractivity contribution in [1.82, 2.24) is 10.6 Å². The van der Waals surface area contributed by atoms with E-state index < -0.39 is 0 Å². The Bertz CT molecular complexity index is 779. The van der Waals surface area contributed by atoms with Crippen LogP contribution in [0.25, 0.3) is 0 Å². The number of fused-ring (bicyclic) bond motifs is 2. The zero-order valence-corrected chi connectivity index (χ0v) is 17.8. The van der Waals surface area contributed by atoms with Crippen molar-refractivity contribution in [1.29, 1.82) is 0 Å². The van der Waals surface area contributed by atoms with E-state index in [1.54, 1.807) is 24.3 Å². The minimum Gasteiger partial charge on any atom is -0.389 e. The van der Waals surface area contributed by atoms with E-state index in [2.05, 4.69) is 22.8 Å². The van der Waals surface area contributed by atoms with Gasteiger partial charge < -0.3 is 20.5 Å². The molecule has 2 aliphatic rings. The van der Waals surface area contributed by atoms with Crippen molar-refractivity contribution in [2.45, 2.75) is 50.7 Å². The van der Waals surface area contributed by atoms with Crippen LogP contribution in [0.1, 0.15) is 48.9 Å². The van der Waals surface area contributed by atoms with Crippen molar-refractivity contribution in [3.05, 3.63) is 48.0 Å². The fraction of sp³-hybridized carbons (Fsp3) is 0.542. The molecule has 2 heterocycles. The first-order valence-corrected chi connectivity index (χ1v) is 11.1. The van der Waals surface area contributed by atoms with Crippen molar-refractivity contribution in [3.8, 4) is 0 Å². The normalized spacial score (nSPS) is 24.4. The van der Waals surface area contributed by atoms with E-state index >= 15 is 0 Å². The molecule has 0 aromatic heterocycles. The second-order valence-electron chi connectivity index (χ2n) is 8.27. The lowest BCUT2D eigenvalue weighted by Crippen LogP contribution is -2.42. The standard InChI is InChI=1S/C24H32N2O5/c27-16-18(28)10-6-1-2-7-11-19-20(22-13-12-21(19)31-22)14-25-23(29)15-26-24(30)17-8-4-3-5-9-17/h2-5,7-9,19-22,27H,1,6,10-16H2,(H,25,29)(H,26,30)/t19-,20+,21+,22+/m1/s1. The molecule has 2 aliphatic heterocycles. The Balaban J connectivity index is 1.39. The van der Waals surface area contributed by atoms with E-state index in [9.17, 15) is 14.4 Å². The maximum Gasteiger partial charge on any atom is 0.251 e. The average molecular weight is 429 g/mol. The summed E-state index contributed by atoms with van der Waals surface area (Å²) in [5.74, 6) is 0.0599.